The first-order valence-corrected chi connectivity index (χ1v) is 7.33. The third-order valence-electron chi connectivity index (χ3n) is 2.77. The van der Waals surface area contributed by atoms with Gasteiger partial charge >= 0.3 is 0 Å². The molecular weight excluding hydrogens is 298 g/mol. The van der Waals surface area contributed by atoms with Gasteiger partial charge in [-0.1, -0.05) is 54.4 Å². The van der Waals surface area contributed by atoms with Gasteiger partial charge < -0.3 is 5.32 Å². The molecule has 1 aromatic carbocycles. The predicted octanol–water partition coefficient (Wildman–Crippen LogP) is 4.67. The highest BCUT2D eigenvalue weighted by Gasteiger charge is 2.07. The molecule has 1 rings (SSSR count). The van der Waals surface area contributed by atoms with Crippen LogP contribution in [0.25, 0.3) is 0 Å². The number of benzene rings is 1. The summed E-state index contributed by atoms with van der Waals surface area (Å²) in [6.07, 6.45) is 2.23. The molecule has 1 N–H and O–H groups in total. The highest BCUT2D eigenvalue weighted by Crippen LogP contribution is 2.24. The van der Waals surface area contributed by atoms with Crippen molar-refractivity contribution < 1.29 is 0 Å². The summed E-state index contributed by atoms with van der Waals surface area (Å²) in [5.41, 5.74) is 1.24. The standard InChI is InChI=1S/C14H21BrClN/c1-10(2)17-7-6-11(3)8-12-4-5-13(15)9-14(12)16/h4-5,9-11,17H,6-8H2,1-3H3. The van der Waals surface area contributed by atoms with Crippen LogP contribution in [0.3, 0.4) is 0 Å². The van der Waals surface area contributed by atoms with Crippen LogP contribution in [0.15, 0.2) is 22.7 Å². The third kappa shape index (κ3) is 5.89. The summed E-state index contributed by atoms with van der Waals surface area (Å²) in [5.74, 6) is 0.653. The molecule has 0 bridgehead atoms. The zero-order valence-electron chi connectivity index (χ0n) is 10.8. The second-order valence-electron chi connectivity index (χ2n) is 4.94. The van der Waals surface area contributed by atoms with E-state index >= 15 is 0 Å². The van der Waals surface area contributed by atoms with E-state index in [1.54, 1.807) is 0 Å². The van der Waals surface area contributed by atoms with Crippen molar-refractivity contribution in [3.8, 4) is 0 Å². The number of nitrogens with one attached hydrogen (secondary N) is 1. The van der Waals surface area contributed by atoms with Crippen LogP contribution >= 0.6 is 27.5 Å². The fourth-order valence-corrected chi connectivity index (χ4v) is 2.53. The van der Waals surface area contributed by atoms with Gasteiger partial charge in [0.15, 0.2) is 0 Å². The molecular formula is C14H21BrClN. The van der Waals surface area contributed by atoms with E-state index in [1.165, 1.54) is 12.0 Å². The minimum Gasteiger partial charge on any atom is -0.315 e. The topological polar surface area (TPSA) is 12.0 Å². The van der Waals surface area contributed by atoms with E-state index in [0.29, 0.717) is 12.0 Å². The Morgan fingerprint density at radius 1 is 1.29 bits per heavy atom. The Morgan fingerprint density at radius 2 is 2.00 bits per heavy atom. The second-order valence-corrected chi connectivity index (χ2v) is 6.27. The van der Waals surface area contributed by atoms with Crippen LogP contribution < -0.4 is 5.32 Å². The summed E-state index contributed by atoms with van der Waals surface area (Å²) >= 11 is 9.64. The highest BCUT2D eigenvalue weighted by atomic mass is 79.9. The van der Waals surface area contributed by atoms with Gasteiger partial charge in [-0.2, -0.15) is 0 Å². The fourth-order valence-electron chi connectivity index (χ4n) is 1.78. The molecule has 0 heterocycles. The summed E-state index contributed by atoms with van der Waals surface area (Å²) in [6, 6.07) is 6.70. The van der Waals surface area contributed by atoms with Crippen LogP contribution in [0.1, 0.15) is 32.8 Å². The van der Waals surface area contributed by atoms with E-state index in [-0.39, 0.29) is 0 Å². The zero-order chi connectivity index (χ0) is 12.8. The predicted molar refractivity (Wildman–Crippen MR) is 79.8 cm³/mol. The molecule has 1 aromatic rings. The first-order valence-electron chi connectivity index (χ1n) is 6.16. The lowest BCUT2D eigenvalue weighted by molar-refractivity contribution is 0.476. The molecule has 0 radical (unpaired) electrons. The Bertz CT molecular complexity index is 352. The molecule has 0 fully saturated rings. The molecule has 1 atom stereocenters. The average Bonchev–Trinajstić information content (AvgIpc) is 2.21. The molecule has 0 saturated heterocycles. The van der Waals surface area contributed by atoms with Crippen LogP contribution in [0, 0.1) is 5.92 Å². The van der Waals surface area contributed by atoms with Crippen LogP contribution in [0.2, 0.25) is 5.02 Å². The first kappa shape index (κ1) is 15.0. The Hall–Kier alpha value is -0.0500. The summed E-state index contributed by atoms with van der Waals surface area (Å²) in [4.78, 5) is 0. The van der Waals surface area contributed by atoms with Gasteiger partial charge in [0.2, 0.25) is 0 Å². The average molecular weight is 319 g/mol. The third-order valence-corrected chi connectivity index (χ3v) is 3.62. The minimum absolute atomic E-state index is 0.568. The second kappa shape index (κ2) is 7.40. The van der Waals surface area contributed by atoms with Crippen molar-refractivity contribution in [1.29, 1.82) is 0 Å². The molecule has 1 unspecified atom stereocenters. The lowest BCUT2D eigenvalue weighted by Crippen LogP contribution is -2.25. The lowest BCUT2D eigenvalue weighted by Gasteiger charge is -2.14. The normalized spacial score (nSPS) is 13.1. The van der Waals surface area contributed by atoms with Gasteiger partial charge in [-0.05, 0) is 43.0 Å². The van der Waals surface area contributed by atoms with E-state index in [1.807, 2.05) is 6.07 Å². The number of hydrogen-bond donors (Lipinski definition) is 1. The van der Waals surface area contributed by atoms with Crippen molar-refractivity contribution in [3.63, 3.8) is 0 Å². The molecule has 0 spiro atoms. The molecule has 17 heavy (non-hydrogen) atoms. The molecule has 0 amide bonds. The SMILES string of the molecule is CC(CCNC(C)C)Cc1ccc(Br)cc1Cl. The summed E-state index contributed by atoms with van der Waals surface area (Å²) < 4.78 is 1.04. The van der Waals surface area contributed by atoms with Crippen LogP contribution in [-0.2, 0) is 6.42 Å². The lowest BCUT2D eigenvalue weighted by atomic mass is 9.98. The van der Waals surface area contributed by atoms with Crippen molar-refractivity contribution in [1.82, 2.24) is 5.32 Å². The van der Waals surface area contributed by atoms with E-state index in [0.717, 1.165) is 22.5 Å². The van der Waals surface area contributed by atoms with Crippen LogP contribution in [0.5, 0.6) is 0 Å². The van der Waals surface area contributed by atoms with Crippen molar-refractivity contribution in [2.24, 2.45) is 5.92 Å². The minimum atomic E-state index is 0.568. The van der Waals surface area contributed by atoms with Gasteiger partial charge in [0, 0.05) is 15.5 Å². The molecule has 96 valence electrons. The summed E-state index contributed by atoms with van der Waals surface area (Å²) in [7, 11) is 0. The molecule has 1 nitrogen and oxygen atoms in total. The highest BCUT2D eigenvalue weighted by molar-refractivity contribution is 9.10. The largest absolute Gasteiger partial charge is 0.315 e. The maximum absolute atomic E-state index is 6.21. The van der Waals surface area contributed by atoms with Crippen molar-refractivity contribution in [2.45, 2.75) is 39.7 Å². The van der Waals surface area contributed by atoms with Crippen molar-refractivity contribution in [2.75, 3.05) is 6.54 Å². The van der Waals surface area contributed by atoms with Crippen LogP contribution in [0.4, 0.5) is 0 Å². The van der Waals surface area contributed by atoms with Gasteiger partial charge in [-0.25, -0.2) is 0 Å². The van der Waals surface area contributed by atoms with E-state index < -0.39 is 0 Å². The zero-order valence-corrected chi connectivity index (χ0v) is 13.1. The molecule has 0 aliphatic heterocycles. The van der Waals surface area contributed by atoms with Gasteiger partial charge in [-0.15, -0.1) is 0 Å². The maximum Gasteiger partial charge on any atom is 0.0449 e. The van der Waals surface area contributed by atoms with Crippen molar-refractivity contribution in [3.05, 3.63) is 33.3 Å². The molecule has 0 saturated carbocycles. The Morgan fingerprint density at radius 3 is 2.59 bits per heavy atom. The number of halogens is 2. The van der Waals surface area contributed by atoms with Gasteiger partial charge in [0.1, 0.15) is 0 Å². The smallest absolute Gasteiger partial charge is 0.0449 e. The summed E-state index contributed by atoms with van der Waals surface area (Å²) in [6.45, 7) is 7.71. The van der Waals surface area contributed by atoms with Crippen molar-refractivity contribution >= 4 is 27.5 Å². The Balaban J connectivity index is 2.42. The maximum atomic E-state index is 6.21. The van der Waals surface area contributed by atoms with E-state index in [4.69, 9.17) is 11.6 Å². The van der Waals surface area contributed by atoms with Gasteiger partial charge in [0.25, 0.3) is 0 Å². The molecule has 0 aliphatic carbocycles. The number of hydrogen-bond acceptors (Lipinski definition) is 1. The first-order chi connectivity index (χ1) is 7.99. The molecule has 3 heteroatoms. The summed E-state index contributed by atoms with van der Waals surface area (Å²) in [5, 5.41) is 4.31. The monoisotopic (exact) mass is 317 g/mol. The molecule has 0 aromatic heterocycles. The van der Waals surface area contributed by atoms with Gasteiger partial charge in [-0.3, -0.25) is 0 Å². The van der Waals surface area contributed by atoms with E-state index in [9.17, 15) is 0 Å². The quantitative estimate of drug-likeness (QED) is 0.803. The Kier molecular flexibility index (Phi) is 6.53. The molecule has 0 aliphatic rings. The fraction of sp³-hybridized carbons (Fsp3) is 0.571. The Labute approximate surface area is 118 Å². The van der Waals surface area contributed by atoms with E-state index in [2.05, 4.69) is 54.2 Å². The van der Waals surface area contributed by atoms with Gasteiger partial charge in [0.05, 0.1) is 0 Å². The number of rotatable bonds is 6. The van der Waals surface area contributed by atoms with Crippen LogP contribution in [-0.4, -0.2) is 12.6 Å².